The summed E-state index contributed by atoms with van der Waals surface area (Å²) < 4.78 is 0. The number of nitriles is 1. The molecule has 0 amide bonds. The van der Waals surface area contributed by atoms with Crippen molar-refractivity contribution in [3.05, 3.63) is 35.4 Å². The van der Waals surface area contributed by atoms with Crippen LogP contribution in [0.2, 0.25) is 0 Å². The van der Waals surface area contributed by atoms with Crippen LogP contribution in [0.3, 0.4) is 0 Å². The molecule has 0 radical (unpaired) electrons. The number of hydrogen-bond donors (Lipinski definition) is 2. The van der Waals surface area contributed by atoms with Gasteiger partial charge in [0, 0.05) is 5.56 Å². The summed E-state index contributed by atoms with van der Waals surface area (Å²) in [4.78, 5) is 1.14. The third-order valence-corrected chi connectivity index (χ3v) is 2.26. The van der Waals surface area contributed by atoms with Crippen molar-refractivity contribution < 1.29 is 0 Å². The second-order valence-electron chi connectivity index (χ2n) is 2.99. The van der Waals surface area contributed by atoms with E-state index in [0.717, 1.165) is 10.5 Å². The van der Waals surface area contributed by atoms with Crippen LogP contribution in [0.25, 0.3) is 0 Å². The number of nitrogens with zero attached hydrogens (tertiary/aromatic N) is 2. The monoisotopic (exact) mass is 218 g/mol. The molecule has 0 aliphatic rings. The third kappa shape index (κ3) is 2.51. The zero-order chi connectivity index (χ0) is 11.4. The number of nitrogens with one attached hydrogen (secondary N) is 1. The fourth-order valence-electron chi connectivity index (χ4n) is 1.03. The number of aryl methyl sites for hydroxylation is 1. The van der Waals surface area contributed by atoms with Gasteiger partial charge in [-0.25, -0.2) is 4.90 Å². The summed E-state index contributed by atoms with van der Waals surface area (Å²) >= 11 is 5.04. The van der Waals surface area contributed by atoms with Crippen molar-refractivity contribution in [2.75, 3.05) is 0 Å². The first kappa shape index (κ1) is 11.1. The maximum absolute atomic E-state index is 8.75. The highest BCUT2D eigenvalue weighted by molar-refractivity contribution is 7.80. The number of rotatable bonds is 1. The summed E-state index contributed by atoms with van der Waals surface area (Å²) in [5.41, 5.74) is 7.02. The van der Waals surface area contributed by atoms with E-state index in [1.54, 1.807) is 18.3 Å². The zero-order valence-corrected chi connectivity index (χ0v) is 9.01. The van der Waals surface area contributed by atoms with Crippen LogP contribution in [0.5, 0.6) is 0 Å². The predicted molar refractivity (Wildman–Crippen MR) is 62.2 cm³/mol. The van der Waals surface area contributed by atoms with E-state index in [1.165, 1.54) is 0 Å². The first-order chi connectivity index (χ1) is 7.06. The summed E-state index contributed by atoms with van der Waals surface area (Å²) in [6.45, 7) is 1.96. The Morgan fingerprint density at radius 2 is 2.00 bits per heavy atom. The third-order valence-electron chi connectivity index (χ3n) is 1.84. The summed E-state index contributed by atoms with van der Waals surface area (Å²) in [5, 5.41) is 15.9. The molecule has 1 aromatic carbocycles. The molecule has 0 bridgehead atoms. The van der Waals surface area contributed by atoms with E-state index < -0.39 is 0 Å². The smallest absolute Gasteiger partial charge is 0.207 e. The Kier molecular flexibility index (Phi) is 3.37. The van der Waals surface area contributed by atoms with Gasteiger partial charge in [-0.1, -0.05) is 42.0 Å². The van der Waals surface area contributed by atoms with Crippen molar-refractivity contribution in [1.82, 2.24) is 4.90 Å². The lowest BCUT2D eigenvalue weighted by molar-refractivity contribution is 0.844. The van der Waals surface area contributed by atoms with Gasteiger partial charge in [0.2, 0.25) is 5.96 Å². The maximum Gasteiger partial charge on any atom is 0.207 e. The molecule has 1 rings (SSSR count). The summed E-state index contributed by atoms with van der Waals surface area (Å²) in [7, 11) is 0. The van der Waals surface area contributed by atoms with Crippen LogP contribution >= 0.6 is 12.2 Å². The molecule has 5 heteroatoms. The van der Waals surface area contributed by atoms with Gasteiger partial charge < -0.3 is 5.73 Å². The molecule has 0 saturated carbocycles. The molecule has 76 valence electrons. The quantitative estimate of drug-likeness (QED) is 0.245. The lowest BCUT2D eigenvalue weighted by Crippen LogP contribution is -2.36. The second kappa shape index (κ2) is 4.53. The number of hydrogen-bond acceptors (Lipinski definition) is 3. The maximum atomic E-state index is 8.75. The van der Waals surface area contributed by atoms with Crippen LogP contribution in [0.15, 0.2) is 24.3 Å². The molecule has 3 N–H and O–H groups in total. The molecular formula is C10H10N4S. The van der Waals surface area contributed by atoms with Gasteiger partial charge in [0.05, 0.1) is 0 Å². The fourth-order valence-corrected chi connectivity index (χ4v) is 1.31. The molecular weight excluding hydrogens is 208 g/mol. The van der Waals surface area contributed by atoms with E-state index in [9.17, 15) is 0 Å². The van der Waals surface area contributed by atoms with Gasteiger partial charge in [-0.2, -0.15) is 5.26 Å². The molecule has 0 aliphatic heterocycles. The lowest BCUT2D eigenvalue weighted by Gasteiger charge is -2.13. The minimum absolute atomic E-state index is 0.241. The highest BCUT2D eigenvalue weighted by Crippen LogP contribution is 2.07. The predicted octanol–water partition coefficient (Wildman–Crippen LogP) is 1.35. The molecule has 15 heavy (non-hydrogen) atoms. The molecule has 1 aromatic rings. The van der Waals surface area contributed by atoms with Gasteiger partial charge in [-0.15, -0.1) is 0 Å². The highest BCUT2D eigenvalue weighted by Gasteiger charge is 2.13. The normalized spacial score (nSPS) is 9.07. The minimum Gasteiger partial charge on any atom is -0.369 e. The molecule has 0 heterocycles. The first-order valence-electron chi connectivity index (χ1n) is 4.21. The SMILES string of the molecule is Cc1ccc(C(=S)N(C#N)C(=N)N)cc1. The van der Waals surface area contributed by atoms with E-state index in [2.05, 4.69) is 0 Å². The minimum atomic E-state index is -0.372. The second-order valence-corrected chi connectivity index (χ2v) is 3.38. The largest absolute Gasteiger partial charge is 0.369 e. The number of thiocarbonyl (C=S) groups is 1. The van der Waals surface area contributed by atoms with Crippen LogP contribution in [0.1, 0.15) is 11.1 Å². The standard InChI is InChI=1S/C10H10N4S/c1-7-2-4-8(5-3-7)9(15)14(6-11)10(12)13/h2-5H,1H3,(H3,12,13). The van der Waals surface area contributed by atoms with Crippen molar-refractivity contribution in [3.8, 4) is 6.19 Å². The highest BCUT2D eigenvalue weighted by atomic mass is 32.1. The molecule has 0 atom stereocenters. The number of guanidine groups is 1. The summed E-state index contributed by atoms with van der Waals surface area (Å²) in [6, 6.07) is 7.37. The van der Waals surface area contributed by atoms with Crippen LogP contribution in [0.4, 0.5) is 0 Å². The molecule has 0 aromatic heterocycles. The Labute approximate surface area is 93.4 Å². The van der Waals surface area contributed by atoms with Crippen LogP contribution in [0, 0.1) is 23.8 Å². The van der Waals surface area contributed by atoms with Gasteiger partial charge in [0.15, 0.2) is 6.19 Å². The molecule has 0 spiro atoms. The van der Waals surface area contributed by atoms with E-state index in [0.29, 0.717) is 5.56 Å². The van der Waals surface area contributed by atoms with Gasteiger partial charge in [-0.3, -0.25) is 5.41 Å². The molecule has 0 aliphatic carbocycles. The zero-order valence-electron chi connectivity index (χ0n) is 8.19. The van der Waals surface area contributed by atoms with E-state index in [4.69, 9.17) is 28.6 Å². The van der Waals surface area contributed by atoms with E-state index in [-0.39, 0.29) is 10.9 Å². The van der Waals surface area contributed by atoms with Gasteiger partial charge in [0.1, 0.15) is 4.99 Å². The van der Waals surface area contributed by atoms with E-state index in [1.807, 2.05) is 19.1 Å². The Morgan fingerprint density at radius 1 is 1.47 bits per heavy atom. The fraction of sp³-hybridized carbons (Fsp3) is 0.100. The van der Waals surface area contributed by atoms with Crippen molar-refractivity contribution >= 4 is 23.2 Å². The van der Waals surface area contributed by atoms with Crippen molar-refractivity contribution in [2.24, 2.45) is 5.73 Å². The van der Waals surface area contributed by atoms with E-state index >= 15 is 0 Å². The van der Waals surface area contributed by atoms with Gasteiger partial charge in [-0.05, 0) is 6.92 Å². The number of nitrogens with two attached hydrogens (primary N) is 1. The van der Waals surface area contributed by atoms with Gasteiger partial charge >= 0.3 is 0 Å². The van der Waals surface area contributed by atoms with Crippen LogP contribution < -0.4 is 5.73 Å². The van der Waals surface area contributed by atoms with Crippen molar-refractivity contribution in [1.29, 1.82) is 10.7 Å². The lowest BCUT2D eigenvalue weighted by atomic mass is 10.1. The summed E-state index contributed by atoms with van der Waals surface area (Å²) in [6.07, 6.45) is 1.76. The summed E-state index contributed by atoms with van der Waals surface area (Å²) in [5.74, 6) is -0.372. The molecule has 4 nitrogen and oxygen atoms in total. The topological polar surface area (TPSA) is 76.9 Å². The first-order valence-corrected chi connectivity index (χ1v) is 4.62. The average Bonchev–Trinajstić information content (AvgIpc) is 2.19. The Balaban J connectivity index is 2.99. The number of benzene rings is 1. The van der Waals surface area contributed by atoms with Crippen LogP contribution in [-0.4, -0.2) is 15.8 Å². The van der Waals surface area contributed by atoms with Gasteiger partial charge in [0.25, 0.3) is 0 Å². The molecule has 0 fully saturated rings. The molecule has 0 unspecified atom stereocenters. The molecule has 0 saturated heterocycles. The van der Waals surface area contributed by atoms with Crippen molar-refractivity contribution in [2.45, 2.75) is 6.92 Å². The van der Waals surface area contributed by atoms with Crippen molar-refractivity contribution in [3.63, 3.8) is 0 Å². The van der Waals surface area contributed by atoms with Crippen LogP contribution in [-0.2, 0) is 0 Å². The Bertz CT molecular complexity index is 430. The Hall–Kier alpha value is -1.93. The Morgan fingerprint density at radius 3 is 2.40 bits per heavy atom. The average molecular weight is 218 g/mol.